The normalized spacial score (nSPS) is 18.0. The first kappa shape index (κ1) is 18.3. The second-order valence-electron chi connectivity index (χ2n) is 5.99. The number of nitrogens with one attached hydrogen (secondary N) is 2. The van der Waals surface area contributed by atoms with Crippen molar-refractivity contribution >= 4 is 11.6 Å². The predicted molar refractivity (Wildman–Crippen MR) is 87.9 cm³/mol. The van der Waals surface area contributed by atoms with Gasteiger partial charge in [-0.3, -0.25) is 24.9 Å². The lowest BCUT2D eigenvalue weighted by Crippen LogP contribution is -2.33. The van der Waals surface area contributed by atoms with Crippen LogP contribution in [0.5, 0.6) is 0 Å². The van der Waals surface area contributed by atoms with E-state index in [1.54, 1.807) is 6.92 Å². The monoisotopic (exact) mass is 339 g/mol. The number of likely N-dealkylation sites (tertiary alicyclic amines) is 1. The molecule has 3 N–H and O–H groups in total. The Morgan fingerprint density at radius 2 is 2.33 bits per heavy atom. The number of nitro groups is 1. The molecule has 1 saturated heterocycles. The van der Waals surface area contributed by atoms with Crippen molar-refractivity contribution < 1.29 is 14.8 Å². The Hall–Kier alpha value is -2.00. The van der Waals surface area contributed by atoms with Crippen molar-refractivity contribution in [2.75, 3.05) is 26.2 Å². The van der Waals surface area contributed by atoms with Gasteiger partial charge in [0.15, 0.2) is 0 Å². The summed E-state index contributed by atoms with van der Waals surface area (Å²) in [6.07, 6.45) is 4.25. The van der Waals surface area contributed by atoms with E-state index in [0.717, 1.165) is 38.8 Å². The number of carbonyl (C=O) groups is 1. The van der Waals surface area contributed by atoms with E-state index in [9.17, 15) is 20.0 Å². The van der Waals surface area contributed by atoms with E-state index < -0.39 is 10.8 Å². The van der Waals surface area contributed by atoms with Gasteiger partial charge < -0.3 is 10.4 Å². The average Bonchev–Trinajstić information content (AvgIpc) is 3.20. The van der Waals surface area contributed by atoms with Gasteiger partial charge in [-0.1, -0.05) is 6.92 Å². The molecule has 0 radical (unpaired) electrons. The molecular weight excluding hydrogens is 314 g/mol. The molecule has 1 aromatic rings. The molecule has 1 atom stereocenters. The first-order valence-electron chi connectivity index (χ1n) is 8.43. The Bertz CT molecular complexity index is 574. The highest BCUT2D eigenvalue weighted by Crippen LogP contribution is 2.21. The number of aliphatic hydroxyl groups excluding tert-OH is 1. The maximum atomic E-state index is 12.1. The molecule has 1 aliphatic heterocycles. The summed E-state index contributed by atoms with van der Waals surface area (Å²) in [5.41, 5.74) is -0.0381. The second-order valence-corrected chi connectivity index (χ2v) is 5.99. The Morgan fingerprint density at radius 1 is 1.54 bits per heavy atom. The third-order valence-corrected chi connectivity index (χ3v) is 4.43. The number of aromatic amines is 1. The van der Waals surface area contributed by atoms with Gasteiger partial charge in [-0.2, -0.15) is 5.10 Å². The van der Waals surface area contributed by atoms with Crippen LogP contribution in [-0.4, -0.2) is 63.3 Å². The van der Waals surface area contributed by atoms with Crippen molar-refractivity contribution in [2.24, 2.45) is 0 Å². The summed E-state index contributed by atoms with van der Waals surface area (Å²) in [6, 6.07) is 0.263. The molecule has 0 spiro atoms. The Balaban J connectivity index is 1.76. The van der Waals surface area contributed by atoms with Crippen LogP contribution in [0, 0.1) is 10.1 Å². The second kappa shape index (κ2) is 8.74. The van der Waals surface area contributed by atoms with E-state index in [0.29, 0.717) is 18.7 Å². The zero-order valence-electron chi connectivity index (χ0n) is 14.0. The number of aromatic nitrogens is 2. The highest BCUT2D eigenvalue weighted by atomic mass is 16.6. The van der Waals surface area contributed by atoms with Crippen molar-refractivity contribution in [1.82, 2.24) is 20.4 Å². The van der Waals surface area contributed by atoms with E-state index in [4.69, 9.17) is 0 Å². The third-order valence-electron chi connectivity index (χ3n) is 4.43. The number of unbranched alkanes of at least 4 members (excludes halogenated alkanes) is 1. The topological polar surface area (TPSA) is 124 Å². The Kier molecular flexibility index (Phi) is 6.68. The lowest BCUT2D eigenvalue weighted by atomic mass is 10.2. The van der Waals surface area contributed by atoms with Gasteiger partial charge in [-0.15, -0.1) is 0 Å². The molecule has 2 rings (SSSR count). The van der Waals surface area contributed by atoms with E-state index in [2.05, 4.69) is 20.4 Å². The predicted octanol–water partition coefficient (Wildman–Crippen LogP) is 0.847. The molecule has 0 bridgehead atoms. The van der Waals surface area contributed by atoms with Gasteiger partial charge in [0.05, 0.1) is 11.5 Å². The summed E-state index contributed by atoms with van der Waals surface area (Å²) in [5, 5.41) is 29.4. The average molecular weight is 339 g/mol. The molecule has 24 heavy (non-hydrogen) atoms. The lowest BCUT2D eigenvalue weighted by Gasteiger charge is -2.22. The van der Waals surface area contributed by atoms with Gasteiger partial charge in [-0.05, 0) is 45.2 Å². The van der Waals surface area contributed by atoms with E-state index in [1.165, 1.54) is 0 Å². The van der Waals surface area contributed by atoms with E-state index in [1.807, 2.05) is 0 Å². The number of hydrogen-bond acceptors (Lipinski definition) is 6. The molecular formula is C15H25N5O4. The summed E-state index contributed by atoms with van der Waals surface area (Å²) in [7, 11) is 0. The lowest BCUT2D eigenvalue weighted by molar-refractivity contribution is -0.385. The van der Waals surface area contributed by atoms with Crippen molar-refractivity contribution in [3.63, 3.8) is 0 Å². The standard InChI is InChI=1S/C15H25N5O4/c1-2-12-14(20(23)24)13(18-17-12)15(22)16-7-3-4-8-19-9-5-6-11(19)10-21/h11,21H,2-10H2,1H3,(H,16,22)(H,17,18). The van der Waals surface area contributed by atoms with Gasteiger partial charge in [0.2, 0.25) is 5.69 Å². The number of H-pyrrole nitrogens is 1. The number of rotatable bonds is 9. The molecule has 1 aromatic heterocycles. The minimum absolute atomic E-state index is 0.156. The fourth-order valence-corrected chi connectivity index (χ4v) is 3.10. The van der Waals surface area contributed by atoms with Gasteiger partial charge in [-0.25, -0.2) is 0 Å². The molecule has 0 aromatic carbocycles. The van der Waals surface area contributed by atoms with Crippen LogP contribution in [0.2, 0.25) is 0 Å². The van der Waals surface area contributed by atoms with Gasteiger partial charge in [0.1, 0.15) is 5.69 Å². The molecule has 9 nitrogen and oxygen atoms in total. The Labute approximate surface area is 140 Å². The highest BCUT2D eigenvalue weighted by Gasteiger charge is 2.28. The van der Waals surface area contributed by atoms with Crippen LogP contribution in [0.3, 0.4) is 0 Å². The zero-order chi connectivity index (χ0) is 17.5. The van der Waals surface area contributed by atoms with E-state index in [-0.39, 0.29) is 24.0 Å². The first-order valence-corrected chi connectivity index (χ1v) is 8.43. The van der Waals surface area contributed by atoms with Gasteiger partial charge in [0, 0.05) is 12.6 Å². The number of amides is 1. The van der Waals surface area contributed by atoms with Crippen LogP contribution in [0.4, 0.5) is 5.69 Å². The van der Waals surface area contributed by atoms with Crippen molar-refractivity contribution in [1.29, 1.82) is 0 Å². The fourth-order valence-electron chi connectivity index (χ4n) is 3.10. The van der Waals surface area contributed by atoms with Crippen LogP contribution in [0.15, 0.2) is 0 Å². The first-order chi connectivity index (χ1) is 11.6. The van der Waals surface area contributed by atoms with Crippen LogP contribution in [-0.2, 0) is 6.42 Å². The van der Waals surface area contributed by atoms with Crippen molar-refractivity contribution in [2.45, 2.75) is 45.1 Å². The van der Waals surface area contributed by atoms with Gasteiger partial charge >= 0.3 is 5.69 Å². The number of aryl methyl sites for hydroxylation is 1. The molecule has 9 heteroatoms. The fraction of sp³-hybridized carbons (Fsp3) is 0.733. The number of aliphatic hydroxyl groups is 1. The molecule has 0 aliphatic carbocycles. The quantitative estimate of drug-likeness (QED) is 0.348. The number of hydrogen-bond donors (Lipinski definition) is 3. The molecule has 134 valence electrons. The minimum atomic E-state index is -0.570. The maximum Gasteiger partial charge on any atom is 0.322 e. The maximum absolute atomic E-state index is 12.1. The van der Waals surface area contributed by atoms with Crippen molar-refractivity contribution in [3.05, 3.63) is 21.5 Å². The van der Waals surface area contributed by atoms with Crippen LogP contribution in [0.25, 0.3) is 0 Å². The van der Waals surface area contributed by atoms with Crippen molar-refractivity contribution in [3.8, 4) is 0 Å². The third kappa shape index (κ3) is 4.30. The minimum Gasteiger partial charge on any atom is -0.395 e. The summed E-state index contributed by atoms with van der Waals surface area (Å²) in [4.78, 5) is 24.9. The van der Waals surface area contributed by atoms with Crippen LogP contribution < -0.4 is 5.32 Å². The summed E-state index contributed by atoms with van der Waals surface area (Å²) in [6.45, 7) is 4.31. The molecule has 1 unspecified atom stereocenters. The summed E-state index contributed by atoms with van der Waals surface area (Å²) >= 11 is 0. The number of nitrogens with zero attached hydrogens (tertiary/aromatic N) is 3. The summed E-state index contributed by atoms with van der Waals surface area (Å²) < 4.78 is 0. The molecule has 0 saturated carbocycles. The smallest absolute Gasteiger partial charge is 0.322 e. The molecule has 2 heterocycles. The SMILES string of the molecule is CCc1[nH]nc(C(=O)NCCCCN2CCCC2CO)c1[N+](=O)[O-]. The zero-order valence-corrected chi connectivity index (χ0v) is 14.0. The molecule has 1 aliphatic rings. The summed E-state index contributed by atoms with van der Waals surface area (Å²) in [5.74, 6) is -0.521. The molecule has 1 amide bonds. The Morgan fingerprint density at radius 3 is 3.00 bits per heavy atom. The van der Waals surface area contributed by atoms with E-state index >= 15 is 0 Å². The van der Waals surface area contributed by atoms with Crippen LogP contribution >= 0.6 is 0 Å². The number of carbonyl (C=O) groups excluding carboxylic acids is 1. The molecule has 1 fully saturated rings. The van der Waals surface area contributed by atoms with Gasteiger partial charge in [0.25, 0.3) is 5.91 Å². The highest BCUT2D eigenvalue weighted by molar-refractivity contribution is 5.96. The largest absolute Gasteiger partial charge is 0.395 e. The van der Waals surface area contributed by atoms with Crippen LogP contribution in [0.1, 0.15) is 48.8 Å².